The van der Waals surface area contributed by atoms with Crippen LogP contribution in [-0.4, -0.2) is 43.7 Å². The fourth-order valence-corrected chi connectivity index (χ4v) is 3.25. The van der Waals surface area contributed by atoms with Crippen molar-refractivity contribution < 1.29 is 8.42 Å². The van der Waals surface area contributed by atoms with E-state index in [9.17, 15) is 8.42 Å². The molecule has 6 nitrogen and oxygen atoms in total. The van der Waals surface area contributed by atoms with E-state index < -0.39 is 10.0 Å². The maximum Gasteiger partial charge on any atom is 0.244 e. The molecule has 0 fully saturated rings. The quantitative estimate of drug-likeness (QED) is 0.864. The van der Waals surface area contributed by atoms with Gasteiger partial charge in [0.2, 0.25) is 10.0 Å². The van der Waals surface area contributed by atoms with Crippen molar-refractivity contribution in [3.8, 4) is 0 Å². The fraction of sp³-hybridized carbons (Fsp3) is 0.357. The minimum absolute atomic E-state index is 0.171. The Morgan fingerprint density at radius 2 is 1.95 bits per heavy atom. The molecule has 1 aromatic heterocycles. The van der Waals surface area contributed by atoms with Gasteiger partial charge in [0.05, 0.1) is 12.2 Å². The van der Waals surface area contributed by atoms with Crippen molar-refractivity contribution in [3.63, 3.8) is 0 Å². The summed E-state index contributed by atoms with van der Waals surface area (Å²) in [6, 6.07) is 9.23. The second kappa shape index (κ2) is 6.38. The first-order valence-electron chi connectivity index (χ1n) is 6.59. The number of likely N-dealkylation sites (N-methyl/N-ethyl adjacent to an activating group) is 1. The van der Waals surface area contributed by atoms with E-state index in [-0.39, 0.29) is 10.9 Å². The smallest absolute Gasteiger partial charge is 0.244 e. The summed E-state index contributed by atoms with van der Waals surface area (Å²) in [6.07, 6.45) is 2.83. The summed E-state index contributed by atoms with van der Waals surface area (Å²) in [5.74, 6) is 0. The van der Waals surface area contributed by atoms with Gasteiger partial charge in [-0.2, -0.15) is 5.10 Å². The number of nitrogens with zero attached hydrogens (tertiary/aromatic N) is 3. The molecule has 0 amide bonds. The van der Waals surface area contributed by atoms with E-state index in [1.807, 2.05) is 49.3 Å². The summed E-state index contributed by atoms with van der Waals surface area (Å²) < 4.78 is 29.1. The highest BCUT2D eigenvalue weighted by atomic mass is 32.2. The second-order valence-electron chi connectivity index (χ2n) is 5.20. The van der Waals surface area contributed by atoms with Crippen LogP contribution in [0.4, 0.5) is 0 Å². The monoisotopic (exact) mass is 308 g/mol. The first-order chi connectivity index (χ1) is 9.88. The van der Waals surface area contributed by atoms with Crippen LogP contribution in [0, 0.1) is 0 Å². The lowest BCUT2D eigenvalue weighted by Crippen LogP contribution is -2.35. The minimum Gasteiger partial charge on any atom is -0.307 e. The van der Waals surface area contributed by atoms with Crippen LogP contribution in [0.5, 0.6) is 0 Å². The van der Waals surface area contributed by atoms with Crippen LogP contribution in [0.1, 0.15) is 11.6 Å². The third kappa shape index (κ3) is 4.13. The highest BCUT2D eigenvalue weighted by molar-refractivity contribution is 7.89. The Morgan fingerprint density at radius 1 is 1.29 bits per heavy atom. The summed E-state index contributed by atoms with van der Waals surface area (Å²) in [6.45, 7) is 0.573. The highest BCUT2D eigenvalue weighted by Gasteiger charge is 2.23. The molecule has 1 aromatic carbocycles. The van der Waals surface area contributed by atoms with Gasteiger partial charge in [-0.3, -0.25) is 4.68 Å². The number of rotatable bonds is 6. The zero-order chi connectivity index (χ0) is 15.5. The fourth-order valence-electron chi connectivity index (χ4n) is 2.05. The summed E-state index contributed by atoms with van der Waals surface area (Å²) in [5, 5.41) is 3.91. The summed E-state index contributed by atoms with van der Waals surface area (Å²) >= 11 is 0. The van der Waals surface area contributed by atoms with Crippen molar-refractivity contribution in [3.05, 3.63) is 48.3 Å². The van der Waals surface area contributed by atoms with Crippen LogP contribution < -0.4 is 4.72 Å². The van der Waals surface area contributed by atoms with Crippen molar-refractivity contribution in [2.45, 2.75) is 10.9 Å². The predicted octanol–water partition coefficient (Wildman–Crippen LogP) is 1.00. The zero-order valence-electron chi connectivity index (χ0n) is 12.4. The Labute approximate surface area is 125 Å². The Bertz CT molecular complexity index is 680. The first kappa shape index (κ1) is 15.7. The van der Waals surface area contributed by atoms with Gasteiger partial charge in [0.15, 0.2) is 0 Å². The Hall–Kier alpha value is -1.70. The molecular formula is C14H20N4O2S. The third-order valence-electron chi connectivity index (χ3n) is 3.04. The largest absolute Gasteiger partial charge is 0.307 e. The number of aryl methyl sites for hydroxylation is 1. The van der Waals surface area contributed by atoms with Gasteiger partial charge in [-0.25, -0.2) is 13.1 Å². The number of aromatic nitrogens is 2. The molecule has 0 saturated carbocycles. The van der Waals surface area contributed by atoms with Gasteiger partial charge < -0.3 is 4.90 Å². The maximum atomic E-state index is 12.4. The van der Waals surface area contributed by atoms with Gasteiger partial charge in [0.1, 0.15) is 4.90 Å². The lowest BCUT2D eigenvalue weighted by molar-refractivity contribution is 0.363. The molecule has 114 valence electrons. The van der Waals surface area contributed by atoms with Crippen LogP contribution in [0.2, 0.25) is 0 Å². The molecule has 0 aliphatic rings. The molecule has 0 saturated heterocycles. The van der Waals surface area contributed by atoms with E-state index in [2.05, 4.69) is 9.82 Å². The first-order valence-corrected chi connectivity index (χ1v) is 8.07. The summed E-state index contributed by atoms with van der Waals surface area (Å²) in [5.41, 5.74) is 0.929. The van der Waals surface area contributed by atoms with Crippen LogP contribution in [-0.2, 0) is 17.1 Å². The van der Waals surface area contributed by atoms with Crippen LogP contribution >= 0.6 is 0 Å². The lowest BCUT2D eigenvalue weighted by atomic mass is 10.1. The molecule has 2 rings (SSSR count). The normalized spacial score (nSPS) is 13.5. The van der Waals surface area contributed by atoms with E-state index in [0.29, 0.717) is 6.54 Å². The van der Waals surface area contributed by atoms with E-state index in [1.54, 1.807) is 7.05 Å². The maximum absolute atomic E-state index is 12.4. The SMILES string of the molecule is CN(C)CC(NS(=O)(=O)c1cnn(C)c1)c1ccccc1. The van der Waals surface area contributed by atoms with E-state index >= 15 is 0 Å². The molecule has 1 N–H and O–H groups in total. The number of sulfonamides is 1. The molecule has 0 bridgehead atoms. The zero-order valence-corrected chi connectivity index (χ0v) is 13.2. The van der Waals surface area contributed by atoms with Crippen LogP contribution in [0.15, 0.2) is 47.6 Å². The van der Waals surface area contributed by atoms with Gasteiger partial charge >= 0.3 is 0 Å². The molecule has 2 aromatic rings. The van der Waals surface area contributed by atoms with Gasteiger partial charge in [-0.05, 0) is 19.7 Å². The standard InChI is InChI=1S/C14H20N4O2S/c1-17(2)11-14(12-7-5-4-6-8-12)16-21(19,20)13-9-15-18(3)10-13/h4-10,14,16H,11H2,1-3H3. The molecule has 1 unspecified atom stereocenters. The van der Waals surface area contributed by atoms with Crippen molar-refractivity contribution >= 4 is 10.0 Å². The number of hydrogen-bond acceptors (Lipinski definition) is 4. The highest BCUT2D eigenvalue weighted by Crippen LogP contribution is 2.17. The average molecular weight is 308 g/mol. The molecule has 7 heteroatoms. The number of nitrogens with one attached hydrogen (secondary N) is 1. The van der Waals surface area contributed by atoms with E-state index in [0.717, 1.165) is 5.56 Å². The molecule has 1 atom stereocenters. The molecule has 0 aliphatic heterocycles. The van der Waals surface area contributed by atoms with E-state index in [4.69, 9.17) is 0 Å². The molecule has 0 aliphatic carbocycles. The van der Waals surface area contributed by atoms with Crippen LogP contribution in [0.3, 0.4) is 0 Å². The van der Waals surface area contributed by atoms with Gasteiger partial charge in [0, 0.05) is 19.8 Å². The van der Waals surface area contributed by atoms with Crippen molar-refractivity contribution in [1.29, 1.82) is 0 Å². The summed E-state index contributed by atoms with van der Waals surface area (Å²) in [7, 11) is 1.92. The Balaban J connectivity index is 2.27. The molecule has 1 heterocycles. The topological polar surface area (TPSA) is 67.2 Å². The molecule has 0 spiro atoms. The van der Waals surface area contributed by atoms with Crippen molar-refractivity contribution in [2.24, 2.45) is 7.05 Å². The van der Waals surface area contributed by atoms with Gasteiger partial charge in [-0.1, -0.05) is 30.3 Å². The minimum atomic E-state index is -3.59. The average Bonchev–Trinajstić information content (AvgIpc) is 2.86. The van der Waals surface area contributed by atoms with Crippen molar-refractivity contribution in [1.82, 2.24) is 19.4 Å². The molecule has 21 heavy (non-hydrogen) atoms. The Kier molecular flexibility index (Phi) is 4.76. The number of benzene rings is 1. The van der Waals surface area contributed by atoms with Crippen molar-refractivity contribution in [2.75, 3.05) is 20.6 Å². The Morgan fingerprint density at radius 3 is 2.48 bits per heavy atom. The van der Waals surface area contributed by atoms with Gasteiger partial charge in [0.25, 0.3) is 0 Å². The second-order valence-corrected chi connectivity index (χ2v) is 6.91. The predicted molar refractivity (Wildman–Crippen MR) is 81.3 cm³/mol. The molecular weight excluding hydrogens is 288 g/mol. The lowest BCUT2D eigenvalue weighted by Gasteiger charge is -2.22. The van der Waals surface area contributed by atoms with Crippen LogP contribution in [0.25, 0.3) is 0 Å². The molecule has 0 radical (unpaired) electrons. The number of hydrogen-bond donors (Lipinski definition) is 1. The van der Waals surface area contributed by atoms with Gasteiger partial charge in [-0.15, -0.1) is 0 Å². The summed E-state index contributed by atoms with van der Waals surface area (Å²) in [4.78, 5) is 2.12. The third-order valence-corrected chi connectivity index (χ3v) is 4.46. The van der Waals surface area contributed by atoms with E-state index in [1.165, 1.54) is 17.1 Å².